The highest BCUT2D eigenvalue weighted by molar-refractivity contribution is 5.74. The van der Waals surface area contributed by atoms with Crippen molar-refractivity contribution < 1.29 is 4.79 Å². The fourth-order valence-corrected chi connectivity index (χ4v) is 2.61. The van der Waals surface area contributed by atoms with E-state index in [0.717, 1.165) is 26.1 Å². The maximum atomic E-state index is 11.7. The van der Waals surface area contributed by atoms with Crippen LogP contribution >= 0.6 is 0 Å². The molecule has 2 unspecified atom stereocenters. The van der Waals surface area contributed by atoms with Gasteiger partial charge in [0.25, 0.3) is 0 Å². The third-order valence-corrected chi connectivity index (χ3v) is 3.74. The average molecular weight is 240 g/mol. The van der Waals surface area contributed by atoms with Gasteiger partial charge in [-0.2, -0.15) is 0 Å². The van der Waals surface area contributed by atoms with Crippen molar-refractivity contribution in [3.05, 3.63) is 0 Å². The minimum Gasteiger partial charge on any atom is -0.337 e. The molecular weight excluding hydrogens is 216 g/mol. The van der Waals surface area contributed by atoms with E-state index in [-0.39, 0.29) is 12.2 Å². The van der Waals surface area contributed by atoms with Crippen molar-refractivity contribution in [3.63, 3.8) is 0 Å². The molecule has 2 aliphatic heterocycles. The van der Waals surface area contributed by atoms with Crippen LogP contribution in [-0.2, 0) is 0 Å². The maximum absolute atomic E-state index is 11.7. The number of piperidine rings is 1. The number of hydrogen-bond donors (Lipinski definition) is 3. The molecule has 2 aliphatic rings. The summed E-state index contributed by atoms with van der Waals surface area (Å²) >= 11 is 0. The number of nitrogens with zero attached hydrogens (tertiary/aromatic N) is 1. The quantitative estimate of drug-likeness (QED) is 0.672. The van der Waals surface area contributed by atoms with Crippen LogP contribution in [0.2, 0.25) is 0 Å². The van der Waals surface area contributed by atoms with Crippen LogP contribution < -0.4 is 16.0 Å². The first-order valence-electron chi connectivity index (χ1n) is 6.73. The molecule has 0 aliphatic carbocycles. The van der Waals surface area contributed by atoms with Crippen LogP contribution in [-0.4, -0.2) is 49.8 Å². The van der Waals surface area contributed by atoms with Gasteiger partial charge in [0.2, 0.25) is 0 Å². The zero-order valence-corrected chi connectivity index (χ0v) is 10.7. The van der Waals surface area contributed by atoms with Gasteiger partial charge in [0.15, 0.2) is 0 Å². The van der Waals surface area contributed by atoms with Crippen molar-refractivity contribution in [3.8, 4) is 0 Å². The zero-order chi connectivity index (χ0) is 12.1. The van der Waals surface area contributed by atoms with Crippen molar-refractivity contribution in [1.29, 1.82) is 0 Å². The number of amides is 2. The Labute approximate surface area is 103 Å². The van der Waals surface area contributed by atoms with Gasteiger partial charge in [-0.3, -0.25) is 4.90 Å². The summed E-state index contributed by atoms with van der Waals surface area (Å²) in [5.74, 6) is 0. The molecule has 2 rings (SSSR count). The number of rotatable bonds is 3. The van der Waals surface area contributed by atoms with Gasteiger partial charge in [0.05, 0.1) is 6.17 Å². The number of nitrogens with one attached hydrogen (secondary N) is 3. The third-order valence-electron chi connectivity index (χ3n) is 3.74. The molecule has 3 N–H and O–H groups in total. The van der Waals surface area contributed by atoms with Crippen molar-refractivity contribution in [2.75, 3.05) is 26.7 Å². The predicted molar refractivity (Wildman–Crippen MR) is 67.8 cm³/mol. The summed E-state index contributed by atoms with van der Waals surface area (Å²) in [5, 5.41) is 9.40. The monoisotopic (exact) mass is 240 g/mol. The average Bonchev–Trinajstić information content (AvgIpc) is 2.74. The maximum Gasteiger partial charge on any atom is 0.316 e. The van der Waals surface area contributed by atoms with Gasteiger partial charge in [-0.1, -0.05) is 6.42 Å². The van der Waals surface area contributed by atoms with Gasteiger partial charge in [-0.15, -0.1) is 0 Å². The topological polar surface area (TPSA) is 56.4 Å². The number of urea groups is 1. The Kier molecular flexibility index (Phi) is 4.62. The molecule has 0 aromatic heterocycles. The molecule has 2 atom stereocenters. The predicted octanol–water partition coefficient (Wildman–Crippen LogP) is 0.479. The first kappa shape index (κ1) is 12.6. The molecule has 0 radical (unpaired) electrons. The van der Waals surface area contributed by atoms with Crippen LogP contribution in [0.25, 0.3) is 0 Å². The lowest BCUT2D eigenvalue weighted by Crippen LogP contribution is -2.50. The summed E-state index contributed by atoms with van der Waals surface area (Å²) in [6.45, 7) is 2.90. The zero-order valence-electron chi connectivity index (χ0n) is 10.7. The van der Waals surface area contributed by atoms with E-state index in [9.17, 15) is 4.79 Å². The van der Waals surface area contributed by atoms with Gasteiger partial charge < -0.3 is 16.0 Å². The molecular formula is C12H24N4O. The van der Waals surface area contributed by atoms with Crippen LogP contribution in [0.15, 0.2) is 0 Å². The molecule has 2 heterocycles. The molecule has 0 bridgehead atoms. The minimum absolute atomic E-state index is 0.0314. The lowest BCUT2D eigenvalue weighted by Gasteiger charge is -2.25. The van der Waals surface area contributed by atoms with Gasteiger partial charge >= 0.3 is 6.03 Å². The third kappa shape index (κ3) is 3.85. The van der Waals surface area contributed by atoms with Crippen LogP contribution in [0, 0.1) is 0 Å². The smallest absolute Gasteiger partial charge is 0.316 e. The molecule has 0 spiro atoms. The second kappa shape index (κ2) is 6.21. The molecule has 0 aromatic rings. The van der Waals surface area contributed by atoms with Gasteiger partial charge in [0, 0.05) is 12.6 Å². The first-order chi connectivity index (χ1) is 8.25. The molecule has 5 heteroatoms. The Morgan fingerprint density at radius 1 is 1.35 bits per heavy atom. The van der Waals surface area contributed by atoms with E-state index in [2.05, 4.69) is 27.9 Å². The highest BCUT2D eigenvalue weighted by atomic mass is 16.2. The summed E-state index contributed by atoms with van der Waals surface area (Å²) in [5.41, 5.74) is 0. The Morgan fingerprint density at radius 3 is 2.88 bits per heavy atom. The van der Waals surface area contributed by atoms with Crippen LogP contribution in [0.4, 0.5) is 4.79 Å². The lowest BCUT2D eigenvalue weighted by molar-refractivity contribution is 0.215. The second-order valence-corrected chi connectivity index (χ2v) is 5.14. The Balaban J connectivity index is 1.63. The largest absolute Gasteiger partial charge is 0.337 e. The molecule has 0 saturated carbocycles. The van der Waals surface area contributed by atoms with Crippen molar-refractivity contribution in [2.24, 2.45) is 0 Å². The molecule has 2 saturated heterocycles. The van der Waals surface area contributed by atoms with E-state index in [4.69, 9.17) is 0 Å². The standard InChI is InChI=1S/C12H24N4O/c1-16-8-4-6-11(16)15-12(17)14-9-10-5-2-3-7-13-10/h10-11,13H,2-9H2,1H3,(H2,14,15,17). The number of carbonyl (C=O) groups excluding carboxylic acids is 1. The van der Waals surface area contributed by atoms with Crippen LogP contribution in [0.1, 0.15) is 32.1 Å². The Hall–Kier alpha value is -0.810. The van der Waals surface area contributed by atoms with Crippen molar-refractivity contribution >= 4 is 6.03 Å². The summed E-state index contributed by atoms with van der Waals surface area (Å²) < 4.78 is 0. The summed E-state index contributed by atoms with van der Waals surface area (Å²) in [7, 11) is 2.06. The molecule has 98 valence electrons. The second-order valence-electron chi connectivity index (χ2n) is 5.14. The van der Waals surface area contributed by atoms with Gasteiger partial charge in [-0.25, -0.2) is 4.79 Å². The van der Waals surface area contributed by atoms with Crippen molar-refractivity contribution in [2.45, 2.75) is 44.3 Å². The summed E-state index contributed by atoms with van der Waals surface area (Å²) in [6, 6.07) is 0.423. The molecule has 2 amide bonds. The molecule has 0 aromatic carbocycles. The van der Waals surface area contributed by atoms with Crippen LogP contribution in [0.5, 0.6) is 0 Å². The Morgan fingerprint density at radius 2 is 2.24 bits per heavy atom. The SMILES string of the molecule is CN1CCCC1NC(=O)NCC1CCCCN1. The van der Waals surface area contributed by atoms with E-state index in [0.29, 0.717) is 6.04 Å². The lowest BCUT2D eigenvalue weighted by atomic mass is 10.1. The van der Waals surface area contributed by atoms with E-state index in [1.54, 1.807) is 0 Å². The number of likely N-dealkylation sites (tertiary alicyclic amines) is 1. The summed E-state index contributed by atoms with van der Waals surface area (Å²) in [4.78, 5) is 13.9. The van der Waals surface area contributed by atoms with E-state index in [1.807, 2.05) is 0 Å². The highest BCUT2D eigenvalue weighted by Crippen LogP contribution is 2.11. The molecule has 5 nitrogen and oxygen atoms in total. The van der Waals surface area contributed by atoms with Gasteiger partial charge in [-0.05, 0) is 45.8 Å². The minimum atomic E-state index is -0.0314. The van der Waals surface area contributed by atoms with Crippen LogP contribution in [0.3, 0.4) is 0 Å². The molecule has 17 heavy (non-hydrogen) atoms. The van der Waals surface area contributed by atoms with Gasteiger partial charge in [0.1, 0.15) is 0 Å². The highest BCUT2D eigenvalue weighted by Gasteiger charge is 2.22. The van der Waals surface area contributed by atoms with E-state index >= 15 is 0 Å². The summed E-state index contributed by atoms with van der Waals surface area (Å²) in [6.07, 6.45) is 6.15. The van der Waals surface area contributed by atoms with E-state index in [1.165, 1.54) is 25.7 Å². The Bertz CT molecular complexity index is 253. The normalized spacial score (nSPS) is 30.2. The number of hydrogen-bond acceptors (Lipinski definition) is 3. The fraction of sp³-hybridized carbons (Fsp3) is 0.917. The fourth-order valence-electron chi connectivity index (χ4n) is 2.61. The van der Waals surface area contributed by atoms with Crippen molar-refractivity contribution in [1.82, 2.24) is 20.9 Å². The van der Waals surface area contributed by atoms with E-state index < -0.39 is 0 Å². The molecule has 2 fully saturated rings. The first-order valence-corrected chi connectivity index (χ1v) is 6.73. The number of carbonyl (C=O) groups is 1.